The summed E-state index contributed by atoms with van der Waals surface area (Å²) in [5.74, 6) is 2.22. The molecular formula is C21H32O3. The van der Waals surface area contributed by atoms with Crippen LogP contribution in [0.5, 0.6) is 11.5 Å². The third kappa shape index (κ3) is 3.32. The van der Waals surface area contributed by atoms with E-state index < -0.39 is 0 Å². The van der Waals surface area contributed by atoms with Gasteiger partial charge in [0.15, 0.2) is 11.5 Å². The summed E-state index contributed by atoms with van der Waals surface area (Å²) in [6, 6.07) is 4.22. The molecule has 2 unspecified atom stereocenters. The Kier molecular flexibility index (Phi) is 5.97. The molecule has 0 aromatic heterocycles. The fourth-order valence-electron chi connectivity index (χ4n) is 3.89. The molecule has 0 radical (unpaired) electrons. The summed E-state index contributed by atoms with van der Waals surface area (Å²) in [5, 5.41) is 0. The molecule has 0 spiro atoms. The Balaban J connectivity index is 0.00000100. The zero-order valence-corrected chi connectivity index (χ0v) is 16.1. The van der Waals surface area contributed by atoms with Crippen molar-refractivity contribution < 1.29 is 14.2 Å². The fraction of sp³-hybridized carbons (Fsp3) is 0.619. The third-order valence-corrected chi connectivity index (χ3v) is 5.45. The number of hydrogen-bond acceptors (Lipinski definition) is 3. The highest BCUT2D eigenvalue weighted by molar-refractivity contribution is 5.51. The van der Waals surface area contributed by atoms with Crippen molar-refractivity contribution in [2.45, 2.75) is 59.7 Å². The minimum absolute atomic E-state index is 0.116. The molecule has 3 nitrogen and oxygen atoms in total. The van der Waals surface area contributed by atoms with Crippen LogP contribution in [-0.2, 0) is 17.8 Å². The maximum atomic E-state index is 6.37. The Bertz CT molecular complexity index is 589. The maximum Gasteiger partial charge on any atom is 0.164 e. The van der Waals surface area contributed by atoms with E-state index in [-0.39, 0.29) is 11.5 Å². The highest BCUT2D eigenvalue weighted by Gasteiger charge is 2.45. The molecule has 24 heavy (non-hydrogen) atoms. The Morgan fingerprint density at radius 1 is 1.25 bits per heavy atom. The highest BCUT2D eigenvalue weighted by atomic mass is 16.5. The lowest BCUT2D eigenvalue weighted by molar-refractivity contribution is 0.0233. The molecule has 1 saturated carbocycles. The molecule has 0 saturated heterocycles. The van der Waals surface area contributed by atoms with E-state index in [0.29, 0.717) is 12.5 Å². The molecule has 1 heterocycles. The van der Waals surface area contributed by atoms with Crippen molar-refractivity contribution in [1.82, 2.24) is 0 Å². The van der Waals surface area contributed by atoms with Crippen molar-refractivity contribution in [2.75, 3.05) is 14.2 Å². The predicted molar refractivity (Wildman–Crippen MR) is 98.8 cm³/mol. The molecule has 0 amide bonds. The maximum absolute atomic E-state index is 6.37. The van der Waals surface area contributed by atoms with Gasteiger partial charge in [0.1, 0.15) is 6.10 Å². The van der Waals surface area contributed by atoms with Crippen LogP contribution in [0.4, 0.5) is 0 Å². The number of methoxy groups -OCH3 is 2. The molecule has 3 rings (SSSR count). The van der Waals surface area contributed by atoms with Crippen molar-refractivity contribution >= 4 is 0 Å². The van der Waals surface area contributed by atoms with E-state index in [1.807, 2.05) is 19.9 Å². The normalized spacial score (nSPS) is 24.0. The van der Waals surface area contributed by atoms with E-state index in [2.05, 4.69) is 26.5 Å². The molecule has 1 aliphatic heterocycles. The Labute approximate surface area is 147 Å². The summed E-state index contributed by atoms with van der Waals surface area (Å²) in [7, 11) is 3.42. The number of fused-ring (bicyclic) bond motifs is 2. The van der Waals surface area contributed by atoms with Crippen molar-refractivity contribution in [1.29, 1.82) is 0 Å². The quantitative estimate of drug-likeness (QED) is 0.715. The monoisotopic (exact) mass is 332 g/mol. The van der Waals surface area contributed by atoms with E-state index in [1.165, 1.54) is 11.1 Å². The third-order valence-electron chi connectivity index (χ3n) is 5.45. The molecule has 1 aromatic carbocycles. The van der Waals surface area contributed by atoms with E-state index in [1.54, 1.807) is 14.2 Å². The molecule has 3 heteroatoms. The lowest BCUT2D eigenvalue weighted by atomic mass is 9.62. The van der Waals surface area contributed by atoms with Gasteiger partial charge in [-0.05, 0) is 47.9 Å². The van der Waals surface area contributed by atoms with Crippen LogP contribution in [0.3, 0.4) is 0 Å². The van der Waals surface area contributed by atoms with Crippen molar-refractivity contribution in [3.8, 4) is 11.5 Å². The second-order valence-electron chi connectivity index (χ2n) is 7.05. The topological polar surface area (TPSA) is 27.7 Å². The van der Waals surface area contributed by atoms with E-state index in [0.717, 1.165) is 36.3 Å². The Morgan fingerprint density at radius 2 is 1.96 bits per heavy atom. The SMILES string of the molecule is C=C1CCC2Oc3c(cc(COC)cc3OC)CC2C1(C)C.CC. The van der Waals surface area contributed by atoms with Gasteiger partial charge in [0, 0.05) is 13.0 Å². The van der Waals surface area contributed by atoms with Crippen LogP contribution in [0.15, 0.2) is 24.3 Å². The molecular weight excluding hydrogens is 300 g/mol. The zero-order chi connectivity index (χ0) is 17.9. The van der Waals surface area contributed by atoms with Crippen molar-refractivity contribution in [3.63, 3.8) is 0 Å². The summed E-state index contributed by atoms with van der Waals surface area (Å²) in [6.45, 7) is 13.5. The second-order valence-corrected chi connectivity index (χ2v) is 7.05. The van der Waals surface area contributed by atoms with Gasteiger partial charge in [-0.15, -0.1) is 0 Å². The average molecular weight is 332 g/mol. The molecule has 1 aromatic rings. The molecule has 2 atom stereocenters. The predicted octanol–water partition coefficient (Wildman–Crippen LogP) is 5.16. The number of rotatable bonds is 3. The van der Waals surface area contributed by atoms with Crippen molar-refractivity contribution in [2.24, 2.45) is 11.3 Å². The van der Waals surface area contributed by atoms with Gasteiger partial charge in [0.25, 0.3) is 0 Å². The van der Waals surface area contributed by atoms with Gasteiger partial charge in [-0.25, -0.2) is 0 Å². The van der Waals surface area contributed by atoms with Crippen LogP contribution < -0.4 is 9.47 Å². The Hall–Kier alpha value is -1.48. The first-order chi connectivity index (χ1) is 11.5. The summed E-state index contributed by atoms with van der Waals surface area (Å²) >= 11 is 0. The lowest BCUT2D eigenvalue weighted by Crippen LogP contribution is -2.46. The zero-order valence-electron chi connectivity index (χ0n) is 16.1. The van der Waals surface area contributed by atoms with E-state index in [9.17, 15) is 0 Å². The summed E-state index contributed by atoms with van der Waals surface area (Å²) in [4.78, 5) is 0. The highest BCUT2D eigenvalue weighted by Crippen LogP contribution is 2.51. The van der Waals surface area contributed by atoms with Gasteiger partial charge in [0.05, 0.1) is 13.7 Å². The standard InChI is InChI=1S/C19H26O3.C2H6/c1-12-6-7-16-15(19(12,2)3)10-14-8-13(11-20-4)9-17(21-5)18(14)22-16;1-2/h8-9,15-16H,1,6-7,10-11H2,2-5H3;1-2H3. The van der Waals surface area contributed by atoms with Gasteiger partial charge in [-0.1, -0.05) is 39.8 Å². The largest absolute Gasteiger partial charge is 0.493 e. The first-order valence-electron chi connectivity index (χ1n) is 9.01. The molecule has 2 aliphatic rings. The summed E-state index contributed by atoms with van der Waals surface area (Å²) < 4.78 is 17.2. The number of ether oxygens (including phenoxy) is 3. The number of benzene rings is 1. The smallest absolute Gasteiger partial charge is 0.164 e. The van der Waals surface area contributed by atoms with Crippen LogP contribution in [-0.4, -0.2) is 20.3 Å². The fourth-order valence-corrected chi connectivity index (χ4v) is 3.89. The van der Waals surface area contributed by atoms with Crippen LogP contribution in [0.2, 0.25) is 0 Å². The minimum atomic E-state index is 0.116. The molecule has 1 fully saturated rings. The van der Waals surface area contributed by atoms with Gasteiger partial charge >= 0.3 is 0 Å². The van der Waals surface area contributed by atoms with Crippen molar-refractivity contribution in [3.05, 3.63) is 35.4 Å². The van der Waals surface area contributed by atoms with Gasteiger partial charge in [0.2, 0.25) is 0 Å². The second kappa shape index (κ2) is 7.60. The molecule has 134 valence electrons. The van der Waals surface area contributed by atoms with Crippen LogP contribution in [0.1, 0.15) is 51.7 Å². The van der Waals surface area contributed by atoms with Gasteiger partial charge in [-0.3, -0.25) is 0 Å². The molecule has 0 bridgehead atoms. The number of hydrogen-bond donors (Lipinski definition) is 0. The molecule has 0 N–H and O–H groups in total. The number of allylic oxidation sites excluding steroid dienone is 1. The minimum Gasteiger partial charge on any atom is -0.493 e. The first-order valence-corrected chi connectivity index (χ1v) is 9.01. The summed E-state index contributed by atoms with van der Waals surface area (Å²) in [5.41, 5.74) is 3.83. The molecule has 1 aliphatic carbocycles. The van der Waals surface area contributed by atoms with E-state index >= 15 is 0 Å². The Morgan fingerprint density at radius 3 is 2.58 bits per heavy atom. The van der Waals surface area contributed by atoms with Gasteiger partial charge in [-0.2, -0.15) is 0 Å². The van der Waals surface area contributed by atoms with Crippen LogP contribution in [0.25, 0.3) is 0 Å². The van der Waals surface area contributed by atoms with Crippen LogP contribution >= 0.6 is 0 Å². The van der Waals surface area contributed by atoms with Crippen LogP contribution in [0, 0.1) is 11.3 Å². The van der Waals surface area contributed by atoms with Gasteiger partial charge < -0.3 is 14.2 Å². The average Bonchev–Trinajstić information content (AvgIpc) is 2.59. The summed E-state index contributed by atoms with van der Waals surface area (Å²) in [6.07, 6.45) is 3.37. The first kappa shape index (κ1) is 18.9. The van der Waals surface area contributed by atoms with E-state index in [4.69, 9.17) is 14.2 Å². The lowest BCUT2D eigenvalue weighted by Gasteiger charge is -2.48.